The van der Waals surface area contributed by atoms with Crippen LogP contribution in [0.2, 0.25) is 0 Å². The SMILES string of the molecule is CN(CC1CCCOC1)C(=O)C(=O)O. The van der Waals surface area contributed by atoms with E-state index < -0.39 is 11.9 Å². The maximum atomic E-state index is 11.0. The molecule has 14 heavy (non-hydrogen) atoms. The van der Waals surface area contributed by atoms with Crippen LogP contribution in [0.5, 0.6) is 0 Å². The maximum absolute atomic E-state index is 11.0. The van der Waals surface area contributed by atoms with Gasteiger partial charge < -0.3 is 14.7 Å². The van der Waals surface area contributed by atoms with Crippen LogP contribution >= 0.6 is 0 Å². The van der Waals surface area contributed by atoms with E-state index in [2.05, 4.69) is 0 Å². The Balaban J connectivity index is 2.35. The lowest BCUT2D eigenvalue weighted by molar-refractivity contribution is -0.155. The molecule has 0 spiro atoms. The third-order valence-electron chi connectivity index (χ3n) is 2.32. The van der Waals surface area contributed by atoms with Crippen LogP contribution in [0.4, 0.5) is 0 Å². The van der Waals surface area contributed by atoms with E-state index in [1.807, 2.05) is 0 Å². The molecule has 1 unspecified atom stereocenters. The highest BCUT2D eigenvalue weighted by atomic mass is 16.5. The number of nitrogens with zero attached hydrogens (tertiary/aromatic N) is 1. The van der Waals surface area contributed by atoms with Crippen molar-refractivity contribution in [1.82, 2.24) is 4.90 Å². The smallest absolute Gasteiger partial charge is 0.394 e. The number of ether oxygens (including phenoxy) is 1. The van der Waals surface area contributed by atoms with E-state index in [1.165, 1.54) is 11.9 Å². The highest BCUT2D eigenvalue weighted by Gasteiger charge is 2.22. The van der Waals surface area contributed by atoms with E-state index in [1.54, 1.807) is 0 Å². The fraction of sp³-hybridized carbons (Fsp3) is 0.778. The fourth-order valence-electron chi connectivity index (χ4n) is 1.58. The molecule has 5 nitrogen and oxygen atoms in total. The van der Waals surface area contributed by atoms with Gasteiger partial charge in [0.1, 0.15) is 0 Å². The first-order valence-electron chi connectivity index (χ1n) is 4.67. The minimum Gasteiger partial charge on any atom is -0.474 e. The second kappa shape index (κ2) is 4.95. The third kappa shape index (κ3) is 2.99. The third-order valence-corrected chi connectivity index (χ3v) is 2.32. The standard InChI is InChI=1S/C9H15NO4/c1-10(8(11)9(12)13)5-7-3-2-4-14-6-7/h7H,2-6H2,1H3,(H,12,13). The van der Waals surface area contributed by atoms with Crippen LogP contribution in [-0.4, -0.2) is 48.7 Å². The van der Waals surface area contributed by atoms with Crippen molar-refractivity contribution in [1.29, 1.82) is 0 Å². The van der Waals surface area contributed by atoms with Crippen LogP contribution in [0.15, 0.2) is 0 Å². The van der Waals surface area contributed by atoms with Crippen molar-refractivity contribution in [2.45, 2.75) is 12.8 Å². The number of aliphatic carboxylic acids is 1. The number of carboxylic acid groups (broad SMARTS) is 1. The Kier molecular flexibility index (Phi) is 3.88. The molecule has 1 amide bonds. The van der Waals surface area contributed by atoms with Crippen molar-refractivity contribution < 1.29 is 19.4 Å². The summed E-state index contributed by atoms with van der Waals surface area (Å²) in [5.74, 6) is -1.98. The van der Waals surface area contributed by atoms with Crippen LogP contribution in [0.1, 0.15) is 12.8 Å². The summed E-state index contributed by atoms with van der Waals surface area (Å²) in [6.45, 7) is 1.86. The molecule has 80 valence electrons. The number of carboxylic acids is 1. The van der Waals surface area contributed by atoms with Crippen molar-refractivity contribution in [3.8, 4) is 0 Å². The van der Waals surface area contributed by atoms with Gasteiger partial charge in [-0.1, -0.05) is 0 Å². The Morgan fingerprint density at radius 3 is 2.79 bits per heavy atom. The summed E-state index contributed by atoms with van der Waals surface area (Å²) in [5.41, 5.74) is 0. The number of rotatable bonds is 2. The van der Waals surface area contributed by atoms with Gasteiger partial charge >= 0.3 is 11.9 Å². The van der Waals surface area contributed by atoms with Crippen LogP contribution in [0.25, 0.3) is 0 Å². The number of likely N-dealkylation sites (N-methyl/N-ethyl adjacent to an activating group) is 1. The van der Waals surface area contributed by atoms with Gasteiger partial charge in [-0.25, -0.2) is 4.79 Å². The molecule has 0 saturated carbocycles. The summed E-state index contributed by atoms with van der Waals surface area (Å²) in [6, 6.07) is 0. The lowest BCUT2D eigenvalue weighted by Crippen LogP contribution is -2.38. The molecule has 1 fully saturated rings. The van der Waals surface area contributed by atoms with Crippen molar-refractivity contribution in [3.63, 3.8) is 0 Å². The monoisotopic (exact) mass is 201 g/mol. The highest BCUT2D eigenvalue weighted by Crippen LogP contribution is 2.14. The van der Waals surface area contributed by atoms with Gasteiger partial charge in [-0.3, -0.25) is 4.79 Å². The molecule has 1 N–H and O–H groups in total. The first-order chi connectivity index (χ1) is 6.61. The fourth-order valence-corrected chi connectivity index (χ4v) is 1.58. The maximum Gasteiger partial charge on any atom is 0.394 e. The molecule has 1 atom stereocenters. The molecule has 0 bridgehead atoms. The summed E-state index contributed by atoms with van der Waals surface area (Å²) >= 11 is 0. The average molecular weight is 201 g/mol. The van der Waals surface area contributed by atoms with Gasteiger partial charge in [-0.2, -0.15) is 0 Å². The minimum absolute atomic E-state index is 0.275. The summed E-state index contributed by atoms with van der Waals surface area (Å²) < 4.78 is 5.24. The molecule has 0 aliphatic carbocycles. The van der Waals surface area contributed by atoms with E-state index in [0.29, 0.717) is 13.2 Å². The first kappa shape index (κ1) is 11.0. The number of hydrogen-bond donors (Lipinski definition) is 1. The molecule has 5 heteroatoms. The number of carbonyl (C=O) groups is 2. The zero-order chi connectivity index (χ0) is 10.6. The molecular formula is C9H15NO4. The van der Waals surface area contributed by atoms with E-state index in [0.717, 1.165) is 19.4 Å². The lowest BCUT2D eigenvalue weighted by atomic mass is 10.0. The molecule has 1 aliphatic rings. The summed E-state index contributed by atoms with van der Waals surface area (Å²) in [4.78, 5) is 22.6. The molecule has 0 radical (unpaired) electrons. The van der Waals surface area contributed by atoms with Crippen LogP contribution in [0.3, 0.4) is 0 Å². The van der Waals surface area contributed by atoms with Gasteiger partial charge in [0.2, 0.25) is 0 Å². The number of amides is 1. The predicted molar refractivity (Wildman–Crippen MR) is 48.8 cm³/mol. The van der Waals surface area contributed by atoms with Crippen molar-refractivity contribution in [2.24, 2.45) is 5.92 Å². The second-order valence-corrected chi connectivity index (χ2v) is 3.57. The number of carbonyl (C=O) groups excluding carboxylic acids is 1. The highest BCUT2D eigenvalue weighted by molar-refractivity contribution is 6.31. The Morgan fingerprint density at radius 1 is 1.57 bits per heavy atom. The second-order valence-electron chi connectivity index (χ2n) is 3.57. The van der Waals surface area contributed by atoms with Gasteiger partial charge in [0, 0.05) is 20.2 Å². The van der Waals surface area contributed by atoms with Crippen molar-refractivity contribution >= 4 is 11.9 Å². The van der Waals surface area contributed by atoms with Crippen LogP contribution in [-0.2, 0) is 14.3 Å². The first-order valence-corrected chi connectivity index (χ1v) is 4.67. The van der Waals surface area contributed by atoms with E-state index in [9.17, 15) is 9.59 Å². The van der Waals surface area contributed by atoms with Crippen LogP contribution in [0, 0.1) is 5.92 Å². The summed E-state index contributed by atoms with van der Waals surface area (Å²) in [7, 11) is 1.51. The Labute approximate surface area is 82.6 Å². The molecule has 0 aromatic heterocycles. The molecule has 1 aliphatic heterocycles. The van der Waals surface area contributed by atoms with Gasteiger partial charge in [0.05, 0.1) is 6.61 Å². The number of hydrogen-bond acceptors (Lipinski definition) is 3. The Morgan fingerprint density at radius 2 is 2.29 bits per heavy atom. The Bertz CT molecular complexity index is 223. The average Bonchev–Trinajstić information content (AvgIpc) is 2.18. The quantitative estimate of drug-likeness (QED) is 0.636. The van der Waals surface area contributed by atoms with Gasteiger partial charge in [-0.05, 0) is 18.8 Å². The topological polar surface area (TPSA) is 66.8 Å². The van der Waals surface area contributed by atoms with E-state index in [-0.39, 0.29) is 5.92 Å². The predicted octanol–water partition coefficient (Wildman–Crippen LogP) is -0.0440. The molecule has 1 rings (SSSR count). The molecule has 0 aromatic carbocycles. The molecule has 0 aromatic rings. The van der Waals surface area contributed by atoms with Gasteiger partial charge in [0.15, 0.2) is 0 Å². The largest absolute Gasteiger partial charge is 0.474 e. The van der Waals surface area contributed by atoms with E-state index >= 15 is 0 Å². The zero-order valence-corrected chi connectivity index (χ0v) is 8.23. The van der Waals surface area contributed by atoms with Crippen molar-refractivity contribution in [2.75, 3.05) is 26.8 Å². The summed E-state index contributed by atoms with van der Waals surface area (Å²) in [5, 5.41) is 8.46. The van der Waals surface area contributed by atoms with E-state index in [4.69, 9.17) is 9.84 Å². The molecular weight excluding hydrogens is 186 g/mol. The normalized spacial score (nSPS) is 21.6. The lowest BCUT2D eigenvalue weighted by Gasteiger charge is -2.26. The molecule has 1 saturated heterocycles. The van der Waals surface area contributed by atoms with Crippen molar-refractivity contribution in [3.05, 3.63) is 0 Å². The summed E-state index contributed by atoms with van der Waals surface area (Å²) in [6.07, 6.45) is 1.98. The van der Waals surface area contributed by atoms with Gasteiger partial charge in [-0.15, -0.1) is 0 Å². The minimum atomic E-state index is -1.40. The van der Waals surface area contributed by atoms with Gasteiger partial charge in [0.25, 0.3) is 0 Å². The molecule has 1 heterocycles. The Hall–Kier alpha value is -1.10. The van der Waals surface area contributed by atoms with Crippen LogP contribution < -0.4 is 0 Å². The zero-order valence-electron chi connectivity index (χ0n) is 8.23.